The number of methoxy groups -OCH3 is 1. The van der Waals surface area contributed by atoms with Crippen LogP contribution in [0.4, 0.5) is 0 Å². The Hall–Kier alpha value is -3.71. The van der Waals surface area contributed by atoms with Gasteiger partial charge in [0.15, 0.2) is 11.5 Å². The van der Waals surface area contributed by atoms with E-state index < -0.39 is 10.0 Å². The predicted molar refractivity (Wildman–Crippen MR) is 160 cm³/mol. The van der Waals surface area contributed by atoms with E-state index in [-0.39, 0.29) is 12.0 Å². The van der Waals surface area contributed by atoms with Crippen LogP contribution in [0.3, 0.4) is 0 Å². The van der Waals surface area contributed by atoms with Crippen molar-refractivity contribution in [1.29, 1.82) is 0 Å². The monoisotopic (exact) mass is 599 g/mol. The molecule has 0 unspecified atom stereocenters. The first-order valence-corrected chi connectivity index (χ1v) is 15.5. The van der Waals surface area contributed by atoms with Gasteiger partial charge in [-0.05, 0) is 29.3 Å². The number of thiophene rings is 1. The Morgan fingerprint density at radius 1 is 1.02 bits per heavy atom. The molecule has 0 aliphatic carbocycles. The Morgan fingerprint density at radius 2 is 1.71 bits per heavy atom. The summed E-state index contributed by atoms with van der Waals surface area (Å²) in [6, 6.07) is 17.8. The highest BCUT2D eigenvalue weighted by Crippen LogP contribution is 2.38. The van der Waals surface area contributed by atoms with Crippen LogP contribution in [-0.4, -0.2) is 73.3 Å². The van der Waals surface area contributed by atoms with Crippen molar-refractivity contribution in [3.05, 3.63) is 81.6 Å². The number of hydrogen-bond acceptors (Lipinski definition) is 8. The van der Waals surface area contributed by atoms with Crippen LogP contribution in [-0.2, 0) is 35.0 Å². The van der Waals surface area contributed by atoms with E-state index in [1.807, 2.05) is 60.8 Å². The summed E-state index contributed by atoms with van der Waals surface area (Å²) < 4.78 is 39.4. The zero-order chi connectivity index (χ0) is 29.6. The maximum Gasteiger partial charge on any atom is 0.290 e. The quantitative estimate of drug-likeness (QED) is 0.305. The van der Waals surface area contributed by atoms with Gasteiger partial charge in [-0.3, -0.25) is 14.5 Å². The van der Waals surface area contributed by atoms with Crippen molar-refractivity contribution in [3.63, 3.8) is 0 Å². The third-order valence-electron chi connectivity index (χ3n) is 6.79. The number of rotatable bonds is 8. The van der Waals surface area contributed by atoms with Crippen LogP contribution in [0.5, 0.6) is 11.5 Å². The predicted octanol–water partition coefficient (Wildman–Crippen LogP) is 3.63. The number of nitrogens with zero attached hydrogens (tertiary/aromatic N) is 3. The van der Waals surface area contributed by atoms with E-state index in [0.29, 0.717) is 56.2 Å². The summed E-state index contributed by atoms with van der Waals surface area (Å²) in [5, 5.41) is 7.57. The van der Waals surface area contributed by atoms with Crippen LogP contribution in [0.2, 0.25) is 0 Å². The summed E-state index contributed by atoms with van der Waals surface area (Å²) >= 11 is 1.61. The molecule has 1 fully saturated rings. The number of benzene rings is 2. The highest BCUT2D eigenvalue weighted by molar-refractivity contribution is 7.88. The first kappa shape index (κ1) is 30.3. The summed E-state index contributed by atoms with van der Waals surface area (Å²) in [6.45, 7) is 3.12. The van der Waals surface area contributed by atoms with E-state index in [4.69, 9.17) is 19.4 Å². The van der Waals surface area contributed by atoms with Gasteiger partial charge in [0.25, 0.3) is 12.0 Å². The van der Waals surface area contributed by atoms with E-state index in [2.05, 4.69) is 4.90 Å². The first-order valence-electron chi connectivity index (χ1n) is 12.9. The summed E-state index contributed by atoms with van der Waals surface area (Å²) in [5.74, 6) is 1.28. The minimum Gasteiger partial charge on any atom is -0.493 e. The van der Waals surface area contributed by atoms with Crippen LogP contribution in [0.25, 0.3) is 21.2 Å². The number of sulfonamides is 1. The van der Waals surface area contributed by atoms with Gasteiger partial charge < -0.3 is 19.1 Å². The number of piperazine rings is 1. The Labute approximate surface area is 243 Å². The van der Waals surface area contributed by atoms with Crippen LogP contribution in [0.15, 0.2) is 65.6 Å². The van der Waals surface area contributed by atoms with Crippen molar-refractivity contribution in [3.8, 4) is 22.6 Å². The maximum atomic E-state index is 13.0. The molecule has 1 aliphatic heterocycles. The second-order valence-electron chi connectivity index (χ2n) is 9.60. The molecule has 5 rings (SSSR count). The molecule has 218 valence electrons. The van der Waals surface area contributed by atoms with Crippen molar-refractivity contribution < 1.29 is 27.8 Å². The number of carboxylic acid groups (broad SMARTS) is 1. The molecule has 0 spiro atoms. The average molecular weight is 600 g/mol. The van der Waals surface area contributed by atoms with Crippen LogP contribution < -0.4 is 15.0 Å². The standard InChI is InChI=1S/C28H31N3O5S2.CH2O2/c1-29-18-24(21-9-10-25(35-2)26(15-21)36-19-20-7-5-4-6-8-20)27-23(28(29)32)16-22(37-27)17-30-11-13-31(14-12-30)38(3,33)34;2-1-3/h4-10,15-16,18H,11-14,17,19H2,1-3H3;1H,(H,2,3). The first-order chi connectivity index (χ1) is 19.6. The van der Waals surface area contributed by atoms with Gasteiger partial charge in [0.1, 0.15) is 6.61 Å². The molecule has 0 atom stereocenters. The van der Waals surface area contributed by atoms with Gasteiger partial charge in [0.2, 0.25) is 10.0 Å². The normalized spacial score (nSPS) is 14.3. The fourth-order valence-electron chi connectivity index (χ4n) is 4.72. The molecule has 0 saturated carbocycles. The smallest absolute Gasteiger partial charge is 0.290 e. The Kier molecular flexibility index (Phi) is 9.81. The SMILES string of the molecule is COc1ccc(-c2cn(C)c(=O)c3cc(CN4CCN(S(C)(=O)=O)CC4)sc23)cc1OCc1ccccc1.O=CO. The molecule has 0 bridgehead atoms. The third-order valence-corrected chi connectivity index (χ3v) is 9.25. The minimum atomic E-state index is -3.17. The topological polar surface area (TPSA) is 118 Å². The molecule has 0 radical (unpaired) electrons. The van der Waals surface area contributed by atoms with Crippen LogP contribution in [0.1, 0.15) is 10.4 Å². The number of aromatic nitrogens is 1. The van der Waals surface area contributed by atoms with Crippen molar-refractivity contribution >= 4 is 37.9 Å². The number of pyridine rings is 1. The number of fused-ring (bicyclic) bond motifs is 1. The molecule has 1 N–H and O–H groups in total. The minimum absolute atomic E-state index is 0.0396. The van der Waals surface area contributed by atoms with Gasteiger partial charge in [-0.1, -0.05) is 36.4 Å². The molecule has 2 aromatic carbocycles. The lowest BCUT2D eigenvalue weighted by Gasteiger charge is -2.32. The summed E-state index contributed by atoms with van der Waals surface area (Å²) in [7, 11) is 0.216. The van der Waals surface area contributed by atoms with Gasteiger partial charge >= 0.3 is 0 Å². The molecule has 41 heavy (non-hydrogen) atoms. The molecule has 3 heterocycles. The van der Waals surface area contributed by atoms with Gasteiger partial charge in [0, 0.05) is 61.1 Å². The van der Waals surface area contributed by atoms with E-state index in [1.54, 1.807) is 30.1 Å². The lowest BCUT2D eigenvalue weighted by molar-refractivity contribution is -0.122. The van der Waals surface area contributed by atoms with E-state index >= 15 is 0 Å². The molecule has 1 saturated heterocycles. The maximum absolute atomic E-state index is 13.0. The molecular weight excluding hydrogens is 566 g/mol. The lowest BCUT2D eigenvalue weighted by Crippen LogP contribution is -2.47. The second kappa shape index (κ2) is 13.3. The number of aryl methyl sites for hydroxylation is 1. The second-order valence-corrected chi connectivity index (χ2v) is 12.7. The summed E-state index contributed by atoms with van der Waals surface area (Å²) in [4.78, 5) is 24.7. The van der Waals surface area contributed by atoms with Crippen molar-refractivity contribution in [2.75, 3.05) is 39.5 Å². The Bertz CT molecular complexity index is 1660. The number of ether oxygens (including phenoxy) is 2. The number of carbonyl (C=O) groups is 1. The molecule has 12 heteroatoms. The highest BCUT2D eigenvalue weighted by atomic mass is 32.2. The van der Waals surface area contributed by atoms with Gasteiger partial charge in [-0.25, -0.2) is 8.42 Å². The zero-order valence-electron chi connectivity index (χ0n) is 23.1. The van der Waals surface area contributed by atoms with Crippen molar-refractivity contribution in [1.82, 2.24) is 13.8 Å². The molecule has 2 aromatic heterocycles. The summed E-state index contributed by atoms with van der Waals surface area (Å²) in [5.41, 5.74) is 2.91. The van der Waals surface area contributed by atoms with Crippen LogP contribution >= 0.6 is 11.3 Å². The fraction of sp³-hybridized carbons (Fsp3) is 0.310. The zero-order valence-corrected chi connectivity index (χ0v) is 24.8. The fourth-order valence-corrected chi connectivity index (χ4v) is 6.77. The third kappa shape index (κ3) is 7.33. The van der Waals surface area contributed by atoms with Gasteiger partial charge in [-0.2, -0.15) is 4.31 Å². The summed E-state index contributed by atoms with van der Waals surface area (Å²) in [6.07, 6.45) is 3.13. The molecular formula is C29H33N3O7S2. The lowest BCUT2D eigenvalue weighted by atomic mass is 10.1. The van der Waals surface area contributed by atoms with E-state index in [9.17, 15) is 13.2 Å². The largest absolute Gasteiger partial charge is 0.493 e. The average Bonchev–Trinajstić information content (AvgIpc) is 3.38. The molecule has 10 nitrogen and oxygen atoms in total. The van der Waals surface area contributed by atoms with E-state index in [1.165, 1.54) is 10.6 Å². The Morgan fingerprint density at radius 3 is 2.34 bits per heavy atom. The molecule has 1 aliphatic rings. The molecule has 0 amide bonds. The number of hydrogen-bond donors (Lipinski definition) is 1. The van der Waals surface area contributed by atoms with Crippen molar-refractivity contribution in [2.45, 2.75) is 13.2 Å². The van der Waals surface area contributed by atoms with Gasteiger partial charge in [0.05, 0.1) is 18.8 Å². The van der Waals surface area contributed by atoms with Gasteiger partial charge in [-0.15, -0.1) is 11.3 Å². The Balaban J connectivity index is 0.00000124. The van der Waals surface area contributed by atoms with Crippen LogP contribution in [0, 0.1) is 0 Å². The highest BCUT2D eigenvalue weighted by Gasteiger charge is 2.24. The van der Waals surface area contributed by atoms with E-state index in [0.717, 1.165) is 26.3 Å². The van der Waals surface area contributed by atoms with Crippen molar-refractivity contribution in [2.24, 2.45) is 7.05 Å². The molecule has 4 aromatic rings.